The Hall–Kier alpha value is -3.51. The molecule has 0 aliphatic rings. The zero-order valence-electron chi connectivity index (χ0n) is 16.5. The van der Waals surface area contributed by atoms with Crippen LogP contribution >= 0.6 is 0 Å². The average molecular weight is 405 g/mol. The van der Waals surface area contributed by atoms with E-state index in [1.807, 2.05) is 65.5 Å². The molecule has 0 saturated carbocycles. The summed E-state index contributed by atoms with van der Waals surface area (Å²) in [6.45, 7) is 0.646. The monoisotopic (exact) mass is 405 g/mol. The molecule has 0 fully saturated rings. The fraction of sp³-hybridized carbons (Fsp3) is 0.125. The normalized spacial score (nSPS) is 10.9. The van der Waals surface area contributed by atoms with Gasteiger partial charge in [0, 0.05) is 36.0 Å². The van der Waals surface area contributed by atoms with Crippen molar-refractivity contribution in [2.75, 3.05) is 7.11 Å². The Labute approximate surface area is 173 Å². The Morgan fingerprint density at radius 3 is 2.47 bits per heavy atom. The molecular weight excluding hydrogens is 384 g/mol. The van der Waals surface area contributed by atoms with Crippen LogP contribution in [-0.4, -0.2) is 16.9 Å². The van der Waals surface area contributed by atoms with Crippen LogP contribution in [0.4, 0.5) is 8.78 Å². The van der Waals surface area contributed by atoms with E-state index in [9.17, 15) is 8.78 Å². The summed E-state index contributed by atoms with van der Waals surface area (Å²) in [7, 11) is 1.62. The topological polar surface area (TPSA) is 39.1 Å². The van der Waals surface area contributed by atoms with E-state index in [4.69, 9.17) is 9.84 Å². The second kappa shape index (κ2) is 8.88. The average Bonchev–Trinajstić information content (AvgIpc) is 3.21. The molecule has 3 aromatic carbocycles. The van der Waals surface area contributed by atoms with Gasteiger partial charge in [-0.3, -0.25) is 0 Å². The first kappa shape index (κ1) is 19.8. The van der Waals surface area contributed by atoms with Crippen molar-refractivity contribution in [1.82, 2.24) is 15.1 Å². The van der Waals surface area contributed by atoms with E-state index < -0.39 is 11.6 Å². The molecule has 0 radical (unpaired) electrons. The predicted molar refractivity (Wildman–Crippen MR) is 112 cm³/mol. The highest BCUT2D eigenvalue weighted by molar-refractivity contribution is 5.65. The molecule has 0 atom stereocenters. The maximum Gasteiger partial charge on any atom is 0.163 e. The number of rotatable bonds is 7. The number of nitrogens with one attached hydrogen (secondary N) is 1. The van der Waals surface area contributed by atoms with Crippen molar-refractivity contribution in [2.45, 2.75) is 13.1 Å². The van der Waals surface area contributed by atoms with Crippen LogP contribution in [0.3, 0.4) is 0 Å². The molecule has 0 aliphatic heterocycles. The van der Waals surface area contributed by atoms with Crippen LogP contribution in [0.25, 0.3) is 16.9 Å². The van der Waals surface area contributed by atoms with Gasteiger partial charge in [0.25, 0.3) is 0 Å². The summed E-state index contributed by atoms with van der Waals surface area (Å²) in [5, 5.41) is 7.97. The van der Waals surface area contributed by atoms with Crippen LogP contribution in [0.1, 0.15) is 11.1 Å². The second-order valence-corrected chi connectivity index (χ2v) is 6.83. The van der Waals surface area contributed by atoms with Crippen molar-refractivity contribution >= 4 is 0 Å². The van der Waals surface area contributed by atoms with Crippen LogP contribution in [0, 0.1) is 11.6 Å². The highest BCUT2D eigenvalue weighted by atomic mass is 19.2. The Kier molecular flexibility index (Phi) is 5.86. The third-order valence-electron chi connectivity index (χ3n) is 4.82. The third kappa shape index (κ3) is 4.23. The van der Waals surface area contributed by atoms with Crippen LogP contribution in [0.15, 0.2) is 79.0 Å². The Balaban J connectivity index is 1.63. The Bertz CT molecular complexity index is 1140. The molecule has 1 aromatic heterocycles. The molecule has 1 N–H and O–H groups in total. The largest absolute Gasteiger partial charge is 0.497 e. The lowest BCUT2D eigenvalue weighted by Crippen LogP contribution is -2.14. The predicted octanol–water partition coefficient (Wildman–Crippen LogP) is 5.12. The van der Waals surface area contributed by atoms with Gasteiger partial charge in [-0.1, -0.05) is 42.5 Å². The van der Waals surface area contributed by atoms with E-state index >= 15 is 0 Å². The third-order valence-corrected chi connectivity index (χ3v) is 4.82. The summed E-state index contributed by atoms with van der Waals surface area (Å²) in [6.07, 6.45) is 1.94. The molecule has 0 spiro atoms. The van der Waals surface area contributed by atoms with E-state index in [1.165, 1.54) is 6.07 Å². The summed E-state index contributed by atoms with van der Waals surface area (Å²) < 4.78 is 34.5. The van der Waals surface area contributed by atoms with Crippen LogP contribution in [-0.2, 0) is 13.1 Å². The van der Waals surface area contributed by atoms with Gasteiger partial charge < -0.3 is 10.1 Å². The second-order valence-electron chi connectivity index (χ2n) is 6.83. The van der Waals surface area contributed by atoms with E-state index in [2.05, 4.69) is 5.32 Å². The molecule has 152 valence electrons. The standard InChI is InChI=1S/C24H21F2N3O/c1-30-21-11-5-7-17(13-21)24-19(16-29(28-24)20-9-3-2-4-10-20)15-27-14-18-8-6-12-22(25)23(18)26/h2-13,16,27H,14-15H2,1H3. The van der Waals surface area contributed by atoms with Gasteiger partial charge in [0.2, 0.25) is 0 Å². The van der Waals surface area contributed by atoms with Gasteiger partial charge in [-0.15, -0.1) is 0 Å². The maximum atomic E-state index is 13.9. The lowest BCUT2D eigenvalue weighted by molar-refractivity contribution is 0.415. The summed E-state index contributed by atoms with van der Waals surface area (Å²) in [4.78, 5) is 0. The van der Waals surface area contributed by atoms with Crippen molar-refractivity contribution in [2.24, 2.45) is 0 Å². The van der Waals surface area contributed by atoms with Gasteiger partial charge in [-0.05, 0) is 30.3 Å². The minimum atomic E-state index is -0.844. The lowest BCUT2D eigenvalue weighted by atomic mass is 10.1. The van der Waals surface area contributed by atoms with Crippen LogP contribution < -0.4 is 10.1 Å². The maximum absolute atomic E-state index is 13.9. The van der Waals surface area contributed by atoms with Gasteiger partial charge >= 0.3 is 0 Å². The number of para-hydroxylation sites is 1. The highest BCUT2D eigenvalue weighted by Crippen LogP contribution is 2.27. The highest BCUT2D eigenvalue weighted by Gasteiger charge is 2.14. The molecule has 1 heterocycles. The van der Waals surface area contributed by atoms with Crippen molar-refractivity contribution < 1.29 is 13.5 Å². The van der Waals surface area contributed by atoms with E-state index in [1.54, 1.807) is 13.2 Å². The van der Waals surface area contributed by atoms with Crippen LogP contribution in [0.2, 0.25) is 0 Å². The number of aromatic nitrogens is 2. The minimum Gasteiger partial charge on any atom is -0.497 e. The first-order valence-corrected chi connectivity index (χ1v) is 9.57. The SMILES string of the molecule is COc1cccc(-c2nn(-c3ccccc3)cc2CNCc2cccc(F)c2F)c1. The van der Waals surface area contributed by atoms with Gasteiger partial charge in [-0.25, -0.2) is 13.5 Å². The van der Waals surface area contributed by atoms with Crippen molar-refractivity contribution in [3.8, 4) is 22.7 Å². The smallest absolute Gasteiger partial charge is 0.163 e. The van der Waals surface area contributed by atoms with Gasteiger partial charge in [-0.2, -0.15) is 5.10 Å². The minimum absolute atomic E-state index is 0.206. The molecular formula is C24H21F2N3O. The number of hydrogen-bond donors (Lipinski definition) is 1. The van der Waals surface area contributed by atoms with Crippen molar-refractivity contribution in [3.05, 3.63) is 102 Å². The van der Waals surface area contributed by atoms with Gasteiger partial charge in [0.1, 0.15) is 5.75 Å². The van der Waals surface area contributed by atoms with E-state index in [0.717, 1.165) is 34.3 Å². The van der Waals surface area contributed by atoms with Gasteiger partial charge in [0.15, 0.2) is 11.6 Å². The molecule has 0 saturated heterocycles. The first-order chi connectivity index (χ1) is 14.7. The summed E-state index contributed by atoms with van der Waals surface area (Å²) >= 11 is 0. The van der Waals surface area contributed by atoms with Crippen molar-refractivity contribution in [3.63, 3.8) is 0 Å². The molecule has 0 aliphatic carbocycles. The number of halogens is 2. The van der Waals surface area contributed by atoms with Gasteiger partial charge in [0.05, 0.1) is 18.5 Å². The lowest BCUT2D eigenvalue weighted by Gasteiger charge is -2.08. The molecule has 4 aromatic rings. The fourth-order valence-corrected chi connectivity index (χ4v) is 3.28. The quantitative estimate of drug-likeness (QED) is 0.464. The number of methoxy groups -OCH3 is 1. The Morgan fingerprint density at radius 2 is 1.67 bits per heavy atom. The van der Waals surface area contributed by atoms with Crippen LogP contribution in [0.5, 0.6) is 5.75 Å². The fourth-order valence-electron chi connectivity index (χ4n) is 3.28. The zero-order chi connectivity index (χ0) is 20.9. The molecule has 0 amide bonds. The number of hydrogen-bond acceptors (Lipinski definition) is 3. The Morgan fingerprint density at radius 1 is 0.900 bits per heavy atom. The molecule has 4 rings (SSSR count). The molecule has 0 unspecified atom stereocenters. The molecule has 30 heavy (non-hydrogen) atoms. The number of benzene rings is 3. The summed E-state index contributed by atoms with van der Waals surface area (Å²) in [5.74, 6) is -0.927. The van der Waals surface area contributed by atoms with E-state index in [0.29, 0.717) is 6.54 Å². The summed E-state index contributed by atoms with van der Waals surface area (Å²) in [6, 6.07) is 21.7. The first-order valence-electron chi connectivity index (χ1n) is 9.57. The van der Waals surface area contributed by atoms with Crippen molar-refractivity contribution in [1.29, 1.82) is 0 Å². The molecule has 4 nitrogen and oxygen atoms in total. The summed E-state index contributed by atoms with van der Waals surface area (Å²) in [5.41, 5.74) is 3.86. The zero-order valence-corrected chi connectivity index (χ0v) is 16.5. The molecule has 0 bridgehead atoms. The molecule has 6 heteroatoms. The number of ether oxygens (including phenoxy) is 1. The number of nitrogens with zero attached hydrogens (tertiary/aromatic N) is 2. The van der Waals surface area contributed by atoms with E-state index in [-0.39, 0.29) is 12.1 Å².